The van der Waals surface area contributed by atoms with Crippen LogP contribution >= 0.6 is 27.5 Å². The molecule has 0 amide bonds. The Balaban J connectivity index is 2.34. The Morgan fingerprint density at radius 2 is 2.00 bits per heavy atom. The van der Waals surface area contributed by atoms with Crippen LogP contribution in [0.15, 0.2) is 40.9 Å². The Morgan fingerprint density at radius 3 is 2.57 bits per heavy atom. The molecule has 0 spiro atoms. The van der Waals surface area contributed by atoms with Crippen molar-refractivity contribution in [1.82, 2.24) is 0 Å². The lowest BCUT2D eigenvalue weighted by Crippen LogP contribution is -1.96. The van der Waals surface area contributed by atoms with E-state index in [0.29, 0.717) is 4.47 Å². The van der Waals surface area contributed by atoms with Crippen LogP contribution in [-0.4, -0.2) is 16.0 Å². The van der Waals surface area contributed by atoms with E-state index in [-0.39, 0.29) is 27.8 Å². The largest absolute Gasteiger partial charge is 0.478 e. The third kappa shape index (κ3) is 3.71. The number of benzene rings is 2. The second-order valence-corrected chi connectivity index (χ2v) is 5.28. The van der Waals surface area contributed by atoms with Gasteiger partial charge in [-0.2, -0.15) is 0 Å². The molecule has 2 aromatic carbocycles. The molecule has 0 unspecified atom stereocenters. The van der Waals surface area contributed by atoms with Crippen molar-refractivity contribution in [2.24, 2.45) is 0 Å². The van der Waals surface area contributed by atoms with Crippen molar-refractivity contribution < 1.29 is 19.6 Å². The number of non-ortho nitro benzene ring substituents is 1. The highest BCUT2D eigenvalue weighted by Gasteiger charge is 2.13. The Morgan fingerprint density at radius 1 is 1.29 bits per heavy atom. The molecule has 0 aliphatic carbocycles. The van der Waals surface area contributed by atoms with Gasteiger partial charge in [-0.25, -0.2) is 4.79 Å². The average Bonchev–Trinajstić information content (AvgIpc) is 2.40. The SMILES string of the molecule is O=C(O)c1ccc(Oc2cc(Br)cc([N+](=O)[O-])c2)c(Cl)c1. The molecule has 0 saturated carbocycles. The molecule has 0 bridgehead atoms. The topological polar surface area (TPSA) is 89.7 Å². The van der Waals surface area contributed by atoms with E-state index in [2.05, 4.69) is 15.9 Å². The van der Waals surface area contributed by atoms with Crippen LogP contribution in [0.1, 0.15) is 10.4 Å². The van der Waals surface area contributed by atoms with E-state index in [4.69, 9.17) is 21.4 Å². The lowest BCUT2D eigenvalue weighted by atomic mass is 10.2. The maximum absolute atomic E-state index is 10.8. The summed E-state index contributed by atoms with van der Waals surface area (Å²) in [6.07, 6.45) is 0. The molecule has 0 heterocycles. The Bertz CT molecular complexity index is 734. The number of hydrogen-bond donors (Lipinski definition) is 1. The third-order valence-electron chi connectivity index (χ3n) is 2.47. The van der Waals surface area contributed by atoms with Crippen molar-refractivity contribution >= 4 is 39.2 Å². The van der Waals surface area contributed by atoms with Gasteiger partial charge in [-0.05, 0) is 24.3 Å². The first-order valence-corrected chi connectivity index (χ1v) is 6.69. The minimum atomic E-state index is -1.11. The average molecular weight is 373 g/mol. The summed E-state index contributed by atoms with van der Waals surface area (Å²) < 4.78 is 5.93. The van der Waals surface area contributed by atoms with Crippen LogP contribution in [0.5, 0.6) is 11.5 Å². The molecule has 0 aromatic heterocycles. The minimum absolute atomic E-state index is 0.0209. The number of rotatable bonds is 4. The molecular formula is C13H7BrClNO5. The van der Waals surface area contributed by atoms with E-state index in [0.717, 1.165) is 0 Å². The van der Waals surface area contributed by atoms with Crippen molar-refractivity contribution in [3.8, 4) is 11.5 Å². The van der Waals surface area contributed by atoms with Crippen molar-refractivity contribution in [3.63, 3.8) is 0 Å². The van der Waals surface area contributed by atoms with Crippen molar-refractivity contribution in [2.75, 3.05) is 0 Å². The van der Waals surface area contributed by atoms with Gasteiger partial charge in [0.05, 0.1) is 21.6 Å². The van der Waals surface area contributed by atoms with Crippen molar-refractivity contribution in [3.05, 3.63) is 61.6 Å². The van der Waals surface area contributed by atoms with Crippen LogP contribution in [-0.2, 0) is 0 Å². The molecule has 108 valence electrons. The summed E-state index contributed by atoms with van der Waals surface area (Å²) in [5, 5.41) is 19.7. The zero-order chi connectivity index (χ0) is 15.6. The zero-order valence-electron chi connectivity index (χ0n) is 10.2. The summed E-state index contributed by atoms with van der Waals surface area (Å²) in [7, 11) is 0. The number of hydrogen-bond acceptors (Lipinski definition) is 4. The number of carboxylic acid groups (broad SMARTS) is 1. The van der Waals surface area contributed by atoms with Gasteiger partial charge in [0, 0.05) is 10.5 Å². The summed E-state index contributed by atoms with van der Waals surface area (Å²) in [6, 6.07) is 8.07. The second-order valence-electron chi connectivity index (χ2n) is 3.95. The fourth-order valence-electron chi connectivity index (χ4n) is 1.56. The van der Waals surface area contributed by atoms with E-state index >= 15 is 0 Å². The predicted octanol–water partition coefficient (Wildman–Crippen LogP) is 4.50. The minimum Gasteiger partial charge on any atom is -0.478 e. The summed E-state index contributed by atoms with van der Waals surface area (Å²) in [6.45, 7) is 0. The van der Waals surface area contributed by atoms with Gasteiger partial charge in [-0.3, -0.25) is 10.1 Å². The van der Waals surface area contributed by atoms with E-state index in [1.165, 1.54) is 36.4 Å². The van der Waals surface area contributed by atoms with Gasteiger partial charge in [0.25, 0.3) is 5.69 Å². The molecule has 0 fully saturated rings. The number of carbonyl (C=O) groups is 1. The summed E-state index contributed by atoms with van der Waals surface area (Å²) >= 11 is 9.08. The van der Waals surface area contributed by atoms with E-state index < -0.39 is 10.9 Å². The molecule has 21 heavy (non-hydrogen) atoms. The summed E-state index contributed by atoms with van der Waals surface area (Å²) in [5.41, 5.74) is -0.120. The molecule has 0 saturated heterocycles. The van der Waals surface area contributed by atoms with Gasteiger partial charge in [0.1, 0.15) is 11.5 Å². The maximum atomic E-state index is 10.8. The molecule has 2 aromatic rings. The van der Waals surface area contributed by atoms with Gasteiger partial charge >= 0.3 is 5.97 Å². The molecule has 6 nitrogen and oxygen atoms in total. The highest BCUT2D eigenvalue weighted by Crippen LogP contribution is 2.33. The smallest absolute Gasteiger partial charge is 0.335 e. The van der Waals surface area contributed by atoms with Crippen molar-refractivity contribution in [2.45, 2.75) is 0 Å². The fourth-order valence-corrected chi connectivity index (χ4v) is 2.24. The van der Waals surface area contributed by atoms with Crippen LogP contribution in [0.4, 0.5) is 5.69 Å². The number of carboxylic acids is 1. The molecule has 0 radical (unpaired) electrons. The van der Waals surface area contributed by atoms with Gasteiger partial charge in [0.2, 0.25) is 0 Å². The number of aromatic carboxylic acids is 1. The maximum Gasteiger partial charge on any atom is 0.335 e. The molecular weight excluding hydrogens is 366 g/mol. The Hall–Kier alpha value is -2.12. The van der Waals surface area contributed by atoms with Crippen LogP contribution in [0.25, 0.3) is 0 Å². The predicted molar refractivity (Wildman–Crippen MR) is 79.3 cm³/mol. The number of nitrogens with zero attached hydrogens (tertiary/aromatic N) is 1. The fraction of sp³-hybridized carbons (Fsp3) is 0. The first kappa shape index (κ1) is 15.3. The Kier molecular flexibility index (Phi) is 4.44. The summed E-state index contributed by atoms with van der Waals surface area (Å²) in [5.74, 6) is -0.698. The van der Waals surface area contributed by atoms with Crippen LogP contribution in [0.2, 0.25) is 5.02 Å². The zero-order valence-corrected chi connectivity index (χ0v) is 12.6. The number of nitro groups is 1. The van der Waals surface area contributed by atoms with Crippen LogP contribution in [0.3, 0.4) is 0 Å². The van der Waals surface area contributed by atoms with E-state index in [1.54, 1.807) is 0 Å². The number of halogens is 2. The molecule has 0 atom stereocenters. The highest BCUT2D eigenvalue weighted by molar-refractivity contribution is 9.10. The van der Waals surface area contributed by atoms with Crippen LogP contribution < -0.4 is 4.74 Å². The second kappa shape index (κ2) is 6.11. The summed E-state index contributed by atoms with van der Waals surface area (Å²) in [4.78, 5) is 21.0. The van der Waals surface area contributed by atoms with E-state index in [1.807, 2.05) is 0 Å². The molecule has 0 aliphatic heterocycles. The van der Waals surface area contributed by atoms with Crippen LogP contribution in [0, 0.1) is 10.1 Å². The third-order valence-corrected chi connectivity index (χ3v) is 3.23. The van der Waals surface area contributed by atoms with Gasteiger partial charge in [0.15, 0.2) is 0 Å². The van der Waals surface area contributed by atoms with Crippen molar-refractivity contribution in [1.29, 1.82) is 0 Å². The standard InChI is InChI=1S/C13H7BrClNO5/c14-8-4-9(16(19)20)6-10(5-8)21-12-2-1-7(13(17)18)3-11(12)15/h1-6H,(H,17,18). The molecule has 1 N–H and O–H groups in total. The lowest BCUT2D eigenvalue weighted by molar-refractivity contribution is -0.385. The molecule has 2 rings (SSSR count). The molecule has 8 heteroatoms. The Labute approximate surface area is 132 Å². The first-order chi connectivity index (χ1) is 9.86. The molecule has 0 aliphatic rings. The quantitative estimate of drug-likeness (QED) is 0.630. The monoisotopic (exact) mass is 371 g/mol. The number of nitro benzene ring substituents is 1. The first-order valence-electron chi connectivity index (χ1n) is 5.52. The van der Waals surface area contributed by atoms with Gasteiger partial charge in [-0.1, -0.05) is 27.5 Å². The lowest BCUT2D eigenvalue weighted by Gasteiger charge is -2.08. The normalized spacial score (nSPS) is 10.2. The van der Waals surface area contributed by atoms with E-state index in [9.17, 15) is 14.9 Å². The highest BCUT2D eigenvalue weighted by atomic mass is 79.9. The number of ether oxygens (including phenoxy) is 1. The van der Waals surface area contributed by atoms with Gasteiger partial charge < -0.3 is 9.84 Å². The van der Waals surface area contributed by atoms with Gasteiger partial charge in [-0.15, -0.1) is 0 Å².